The van der Waals surface area contributed by atoms with Gasteiger partial charge in [0.25, 0.3) is 0 Å². The predicted octanol–water partition coefficient (Wildman–Crippen LogP) is 4.12. The molecule has 1 nitrogen and oxygen atoms in total. The van der Waals surface area contributed by atoms with Gasteiger partial charge >= 0.3 is 0 Å². The molecular weight excluding hydrogens is 260 g/mol. The number of halogens is 3. The van der Waals surface area contributed by atoms with E-state index in [2.05, 4.69) is 5.32 Å². The Bertz CT molecular complexity index is 389. The van der Waals surface area contributed by atoms with E-state index in [1.807, 2.05) is 6.07 Å². The summed E-state index contributed by atoms with van der Waals surface area (Å²) < 4.78 is 13.3. The molecule has 1 aliphatic rings. The van der Waals surface area contributed by atoms with E-state index in [0.717, 1.165) is 18.4 Å². The Labute approximate surface area is 111 Å². The van der Waals surface area contributed by atoms with Crippen molar-refractivity contribution in [3.05, 3.63) is 34.6 Å². The molecule has 94 valence electrons. The van der Waals surface area contributed by atoms with Crippen molar-refractivity contribution in [3.63, 3.8) is 0 Å². The first-order valence-electron chi connectivity index (χ1n) is 5.91. The van der Waals surface area contributed by atoms with Gasteiger partial charge in [0.1, 0.15) is 5.82 Å². The predicted molar refractivity (Wildman–Crippen MR) is 70.2 cm³/mol. The summed E-state index contributed by atoms with van der Waals surface area (Å²) >= 11 is 12.0. The Kier molecular flexibility index (Phi) is 4.29. The second-order valence-corrected chi connectivity index (χ2v) is 5.33. The molecule has 0 unspecified atom stereocenters. The molecule has 0 radical (unpaired) electrons. The minimum atomic E-state index is -0.364. The molecule has 1 aromatic rings. The van der Waals surface area contributed by atoms with Crippen molar-refractivity contribution in [2.45, 2.75) is 37.8 Å². The van der Waals surface area contributed by atoms with Gasteiger partial charge in [0.15, 0.2) is 0 Å². The van der Waals surface area contributed by atoms with Crippen LogP contribution in [0.5, 0.6) is 0 Å². The maximum Gasteiger partial charge on any atom is 0.142 e. The van der Waals surface area contributed by atoms with Crippen molar-refractivity contribution in [2.75, 3.05) is 5.88 Å². The van der Waals surface area contributed by atoms with Gasteiger partial charge in [-0.2, -0.15) is 0 Å². The first kappa shape index (κ1) is 13.1. The SMILES string of the molecule is Fc1cccc(CNC2(CCl)CCCC2)c1Cl. The Morgan fingerprint density at radius 3 is 2.65 bits per heavy atom. The average molecular weight is 276 g/mol. The zero-order valence-corrected chi connectivity index (χ0v) is 11.1. The van der Waals surface area contributed by atoms with E-state index < -0.39 is 0 Å². The Morgan fingerprint density at radius 1 is 1.29 bits per heavy atom. The molecule has 0 heterocycles. The van der Waals surface area contributed by atoms with Crippen LogP contribution >= 0.6 is 23.2 Å². The van der Waals surface area contributed by atoms with Gasteiger partial charge in [-0.3, -0.25) is 0 Å². The number of alkyl halides is 1. The summed E-state index contributed by atoms with van der Waals surface area (Å²) in [5, 5.41) is 3.66. The molecular formula is C13H16Cl2FN. The number of hydrogen-bond donors (Lipinski definition) is 1. The largest absolute Gasteiger partial charge is 0.306 e. The number of benzene rings is 1. The Morgan fingerprint density at radius 2 is 2.00 bits per heavy atom. The maximum absolute atomic E-state index is 13.3. The maximum atomic E-state index is 13.3. The van der Waals surface area contributed by atoms with Crippen molar-refractivity contribution in [1.29, 1.82) is 0 Å². The molecule has 0 atom stereocenters. The van der Waals surface area contributed by atoms with E-state index in [1.165, 1.54) is 18.9 Å². The Hall–Kier alpha value is -0.310. The number of rotatable bonds is 4. The summed E-state index contributed by atoms with van der Waals surface area (Å²) in [6.45, 7) is 0.573. The van der Waals surface area contributed by atoms with Crippen LogP contribution in [0.15, 0.2) is 18.2 Å². The standard InChI is InChI=1S/C13H16Cl2FN/c14-9-13(6-1-2-7-13)17-8-10-4-3-5-11(16)12(10)15/h3-5,17H,1-2,6-9H2. The summed E-state index contributed by atoms with van der Waals surface area (Å²) in [7, 11) is 0. The molecule has 1 aliphatic carbocycles. The highest BCUT2D eigenvalue weighted by atomic mass is 35.5. The zero-order valence-electron chi connectivity index (χ0n) is 9.61. The van der Waals surface area contributed by atoms with Crippen LogP contribution in [0.25, 0.3) is 0 Å². The van der Waals surface area contributed by atoms with E-state index in [4.69, 9.17) is 23.2 Å². The molecule has 0 saturated heterocycles. The Balaban J connectivity index is 2.04. The highest BCUT2D eigenvalue weighted by molar-refractivity contribution is 6.31. The molecule has 1 saturated carbocycles. The smallest absolute Gasteiger partial charge is 0.142 e. The van der Waals surface area contributed by atoms with Gasteiger partial charge in [0.05, 0.1) is 5.02 Å². The van der Waals surface area contributed by atoms with E-state index in [-0.39, 0.29) is 16.4 Å². The van der Waals surface area contributed by atoms with Gasteiger partial charge in [-0.1, -0.05) is 36.6 Å². The van der Waals surface area contributed by atoms with Crippen molar-refractivity contribution >= 4 is 23.2 Å². The molecule has 0 aliphatic heterocycles. The normalized spacial score (nSPS) is 18.5. The molecule has 1 aromatic carbocycles. The highest BCUT2D eigenvalue weighted by Crippen LogP contribution is 2.31. The van der Waals surface area contributed by atoms with Gasteiger partial charge in [0, 0.05) is 18.0 Å². The van der Waals surface area contributed by atoms with Crippen LogP contribution < -0.4 is 5.32 Å². The van der Waals surface area contributed by atoms with Crippen LogP contribution in [0.2, 0.25) is 5.02 Å². The molecule has 17 heavy (non-hydrogen) atoms. The fourth-order valence-electron chi connectivity index (χ4n) is 2.38. The second kappa shape index (κ2) is 5.55. The first-order valence-corrected chi connectivity index (χ1v) is 6.82. The summed E-state index contributed by atoms with van der Waals surface area (Å²) in [5.41, 5.74) is 0.806. The van der Waals surface area contributed by atoms with Gasteiger partial charge < -0.3 is 5.32 Å². The van der Waals surface area contributed by atoms with Crippen molar-refractivity contribution < 1.29 is 4.39 Å². The third-order valence-corrected chi connectivity index (χ3v) is 4.44. The van der Waals surface area contributed by atoms with Gasteiger partial charge in [-0.15, -0.1) is 11.6 Å². The van der Waals surface area contributed by atoms with E-state index >= 15 is 0 Å². The van der Waals surface area contributed by atoms with Crippen molar-refractivity contribution in [3.8, 4) is 0 Å². The van der Waals surface area contributed by atoms with E-state index in [9.17, 15) is 4.39 Å². The number of hydrogen-bond acceptors (Lipinski definition) is 1. The third kappa shape index (κ3) is 2.93. The highest BCUT2D eigenvalue weighted by Gasteiger charge is 2.32. The van der Waals surface area contributed by atoms with Crippen LogP contribution in [0.1, 0.15) is 31.2 Å². The van der Waals surface area contributed by atoms with E-state index in [1.54, 1.807) is 6.07 Å². The average Bonchev–Trinajstić information content (AvgIpc) is 2.81. The van der Waals surface area contributed by atoms with Crippen LogP contribution in [0, 0.1) is 5.82 Å². The third-order valence-electron chi connectivity index (χ3n) is 3.50. The minimum absolute atomic E-state index is 0.0111. The minimum Gasteiger partial charge on any atom is -0.306 e. The molecule has 1 N–H and O–H groups in total. The molecule has 0 bridgehead atoms. The lowest BCUT2D eigenvalue weighted by molar-refractivity contribution is 0.367. The topological polar surface area (TPSA) is 12.0 Å². The van der Waals surface area contributed by atoms with Gasteiger partial charge in [0.2, 0.25) is 0 Å². The fourth-order valence-corrected chi connectivity index (χ4v) is 2.93. The summed E-state index contributed by atoms with van der Waals surface area (Å²) in [4.78, 5) is 0. The fraction of sp³-hybridized carbons (Fsp3) is 0.538. The molecule has 1 fully saturated rings. The summed E-state index contributed by atoms with van der Waals surface area (Å²) in [6, 6.07) is 4.90. The quantitative estimate of drug-likeness (QED) is 0.816. The van der Waals surface area contributed by atoms with Gasteiger partial charge in [-0.25, -0.2) is 4.39 Å². The van der Waals surface area contributed by atoms with Crippen LogP contribution in [0.3, 0.4) is 0 Å². The van der Waals surface area contributed by atoms with Crippen molar-refractivity contribution in [1.82, 2.24) is 5.32 Å². The molecule has 0 amide bonds. The van der Waals surface area contributed by atoms with Crippen LogP contribution in [0.4, 0.5) is 4.39 Å². The van der Waals surface area contributed by atoms with Crippen LogP contribution in [-0.2, 0) is 6.54 Å². The summed E-state index contributed by atoms with van der Waals surface area (Å²) in [6.07, 6.45) is 4.58. The lowest BCUT2D eigenvalue weighted by Crippen LogP contribution is -2.44. The van der Waals surface area contributed by atoms with Crippen molar-refractivity contribution in [2.24, 2.45) is 0 Å². The van der Waals surface area contributed by atoms with Crippen LogP contribution in [-0.4, -0.2) is 11.4 Å². The second-order valence-electron chi connectivity index (χ2n) is 4.69. The van der Waals surface area contributed by atoms with Gasteiger partial charge in [-0.05, 0) is 24.5 Å². The first-order chi connectivity index (χ1) is 8.17. The monoisotopic (exact) mass is 275 g/mol. The lowest BCUT2D eigenvalue weighted by atomic mass is 10.00. The summed E-state index contributed by atoms with van der Waals surface area (Å²) in [5.74, 6) is 0.234. The molecule has 0 aromatic heterocycles. The lowest BCUT2D eigenvalue weighted by Gasteiger charge is -2.28. The molecule has 4 heteroatoms. The molecule has 0 spiro atoms. The molecule has 2 rings (SSSR count). The zero-order chi connectivity index (χ0) is 12.3. The van der Waals surface area contributed by atoms with E-state index in [0.29, 0.717) is 12.4 Å². The number of nitrogens with one attached hydrogen (secondary N) is 1.